The molecule has 4 N–H and O–H groups in total. The molecule has 0 aliphatic heterocycles. The largest absolute Gasteiger partial charge is 0.507 e. The van der Waals surface area contributed by atoms with E-state index in [1.807, 2.05) is 25.3 Å². The quantitative estimate of drug-likeness (QED) is 0.442. The lowest BCUT2D eigenvalue weighted by atomic mass is 9.83. The summed E-state index contributed by atoms with van der Waals surface area (Å²) in [5, 5.41) is 13.8. The Hall–Kier alpha value is -2.41. The highest BCUT2D eigenvalue weighted by Crippen LogP contribution is 2.40. The van der Waals surface area contributed by atoms with E-state index in [4.69, 9.17) is 5.73 Å². The second-order valence-corrected chi connectivity index (χ2v) is 8.20. The molecule has 7 heteroatoms. The van der Waals surface area contributed by atoms with E-state index in [0.29, 0.717) is 38.8 Å². The van der Waals surface area contributed by atoms with Gasteiger partial charge in [0.15, 0.2) is 0 Å². The number of hydrogen-bond donors (Lipinski definition) is 3. The molecule has 0 amide bonds. The van der Waals surface area contributed by atoms with Crippen molar-refractivity contribution in [3.63, 3.8) is 0 Å². The summed E-state index contributed by atoms with van der Waals surface area (Å²) in [7, 11) is 0. The zero-order chi connectivity index (χ0) is 19.3. The molecule has 0 aliphatic rings. The average molecular weight is 419 g/mol. The number of phenolic OH excluding ortho intramolecular Hbond substituents is 1. The molecule has 2 aromatic heterocycles. The SMILES string of the molecule is CC(C)(CN)c1ccc(-c2c(O)ccc3[nH]c(=O)c4sccc4c23)cc1F.Cl. The van der Waals surface area contributed by atoms with Gasteiger partial charge in [-0.1, -0.05) is 26.0 Å². The van der Waals surface area contributed by atoms with Crippen LogP contribution in [0.15, 0.2) is 46.6 Å². The lowest BCUT2D eigenvalue weighted by Gasteiger charge is -2.24. The molecule has 0 unspecified atom stereocenters. The highest BCUT2D eigenvalue weighted by Gasteiger charge is 2.24. The maximum Gasteiger partial charge on any atom is 0.266 e. The summed E-state index contributed by atoms with van der Waals surface area (Å²) in [6.45, 7) is 4.10. The van der Waals surface area contributed by atoms with Gasteiger partial charge in [0, 0.05) is 33.8 Å². The van der Waals surface area contributed by atoms with Gasteiger partial charge in [0.2, 0.25) is 0 Å². The molecule has 2 heterocycles. The van der Waals surface area contributed by atoms with Crippen molar-refractivity contribution in [2.75, 3.05) is 6.54 Å². The van der Waals surface area contributed by atoms with Crippen molar-refractivity contribution in [2.24, 2.45) is 5.73 Å². The number of halogens is 2. The molecule has 0 radical (unpaired) electrons. The Kier molecular flexibility index (Phi) is 5.23. The first-order valence-corrected chi connectivity index (χ1v) is 9.47. The third kappa shape index (κ3) is 3.07. The number of H-pyrrole nitrogens is 1. The molecular weight excluding hydrogens is 399 g/mol. The van der Waals surface area contributed by atoms with Crippen molar-refractivity contribution < 1.29 is 9.50 Å². The highest BCUT2D eigenvalue weighted by atomic mass is 35.5. The number of aromatic hydroxyl groups is 1. The maximum atomic E-state index is 14.9. The molecule has 146 valence electrons. The van der Waals surface area contributed by atoms with Crippen LogP contribution in [0.5, 0.6) is 5.75 Å². The van der Waals surface area contributed by atoms with Gasteiger partial charge < -0.3 is 15.8 Å². The summed E-state index contributed by atoms with van der Waals surface area (Å²) < 4.78 is 15.5. The van der Waals surface area contributed by atoms with E-state index >= 15 is 0 Å². The molecular formula is C21H20ClFN2O2S. The molecule has 4 aromatic rings. The number of aromatic amines is 1. The van der Waals surface area contributed by atoms with E-state index in [2.05, 4.69) is 4.98 Å². The number of rotatable bonds is 3. The molecule has 28 heavy (non-hydrogen) atoms. The molecule has 2 aromatic carbocycles. The van der Waals surface area contributed by atoms with Gasteiger partial charge >= 0.3 is 0 Å². The van der Waals surface area contributed by atoms with Gasteiger partial charge in [0.05, 0.1) is 0 Å². The first-order chi connectivity index (χ1) is 12.8. The van der Waals surface area contributed by atoms with Crippen LogP contribution in [0.1, 0.15) is 19.4 Å². The van der Waals surface area contributed by atoms with Gasteiger partial charge in [-0.25, -0.2) is 4.39 Å². The fourth-order valence-electron chi connectivity index (χ4n) is 3.46. The van der Waals surface area contributed by atoms with Crippen molar-refractivity contribution >= 4 is 44.7 Å². The molecule has 0 fully saturated rings. The second kappa shape index (κ2) is 7.20. The third-order valence-electron chi connectivity index (χ3n) is 5.07. The number of nitrogens with one attached hydrogen (secondary N) is 1. The number of hydrogen-bond acceptors (Lipinski definition) is 4. The molecule has 0 aliphatic carbocycles. The molecule has 4 rings (SSSR count). The first kappa shape index (κ1) is 20.3. The van der Waals surface area contributed by atoms with Crippen LogP contribution in [0.25, 0.3) is 32.1 Å². The van der Waals surface area contributed by atoms with E-state index in [-0.39, 0.29) is 29.5 Å². The Morgan fingerprint density at radius 1 is 1.21 bits per heavy atom. The Balaban J connectivity index is 0.00000225. The van der Waals surface area contributed by atoms with Crippen LogP contribution in [0.4, 0.5) is 4.39 Å². The molecule has 0 bridgehead atoms. The second-order valence-electron chi connectivity index (χ2n) is 7.28. The van der Waals surface area contributed by atoms with Crippen LogP contribution in [-0.4, -0.2) is 16.6 Å². The van der Waals surface area contributed by atoms with Crippen molar-refractivity contribution in [3.05, 3.63) is 63.5 Å². The Labute approximate surface area is 171 Å². The minimum Gasteiger partial charge on any atom is -0.507 e. The van der Waals surface area contributed by atoms with Gasteiger partial charge in [0.25, 0.3) is 5.56 Å². The maximum absolute atomic E-state index is 14.9. The standard InChI is InChI=1S/C21H19FN2O2S.ClH/c1-21(2,10-23)13-4-3-11(9-14(13)22)17-16(25)6-5-15-18(17)12-7-8-27-19(12)20(26)24-15;/h3-9,25H,10,23H2,1-2H3,(H,24,26);1H. The van der Waals surface area contributed by atoms with Gasteiger partial charge in [-0.2, -0.15) is 0 Å². The van der Waals surface area contributed by atoms with Crippen LogP contribution >= 0.6 is 23.7 Å². The van der Waals surface area contributed by atoms with Crippen LogP contribution in [0.3, 0.4) is 0 Å². The van der Waals surface area contributed by atoms with Crippen LogP contribution in [0, 0.1) is 5.82 Å². The van der Waals surface area contributed by atoms with E-state index in [9.17, 15) is 14.3 Å². The average Bonchev–Trinajstić information content (AvgIpc) is 3.12. The van der Waals surface area contributed by atoms with Crippen LogP contribution < -0.4 is 11.3 Å². The first-order valence-electron chi connectivity index (χ1n) is 8.59. The number of pyridine rings is 1. The minimum atomic E-state index is -0.491. The minimum absolute atomic E-state index is 0. The van der Waals surface area contributed by atoms with E-state index in [1.165, 1.54) is 23.5 Å². The molecule has 0 saturated carbocycles. The van der Waals surface area contributed by atoms with Crippen LogP contribution in [0.2, 0.25) is 0 Å². The normalized spacial score (nSPS) is 11.7. The third-order valence-corrected chi connectivity index (χ3v) is 5.98. The lowest BCUT2D eigenvalue weighted by molar-refractivity contribution is 0.478. The number of aromatic nitrogens is 1. The summed E-state index contributed by atoms with van der Waals surface area (Å²) >= 11 is 1.34. The topological polar surface area (TPSA) is 79.1 Å². The summed E-state index contributed by atoms with van der Waals surface area (Å²) in [5.41, 5.74) is 7.30. The molecule has 0 atom stereocenters. The molecule has 4 nitrogen and oxygen atoms in total. The summed E-state index contributed by atoms with van der Waals surface area (Å²) in [4.78, 5) is 15.1. The predicted octanol–water partition coefficient (Wildman–Crippen LogP) is 4.91. The van der Waals surface area contributed by atoms with Crippen molar-refractivity contribution in [1.82, 2.24) is 4.98 Å². The van der Waals surface area contributed by atoms with Crippen molar-refractivity contribution in [1.29, 1.82) is 0 Å². The Morgan fingerprint density at radius 2 is 1.96 bits per heavy atom. The number of phenols is 1. The predicted molar refractivity (Wildman–Crippen MR) is 116 cm³/mol. The number of thiophene rings is 1. The number of nitrogens with two attached hydrogens (primary N) is 1. The molecule has 0 spiro atoms. The Bertz CT molecular complexity index is 1250. The monoisotopic (exact) mass is 418 g/mol. The summed E-state index contributed by atoms with van der Waals surface area (Å²) in [5.74, 6) is -0.336. The summed E-state index contributed by atoms with van der Waals surface area (Å²) in [6.07, 6.45) is 0. The van der Waals surface area contributed by atoms with E-state index in [0.717, 1.165) is 5.39 Å². The van der Waals surface area contributed by atoms with E-state index < -0.39 is 5.41 Å². The van der Waals surface area contributed by atoms with E-state index in [1.54, 1.807) is 18.2 Å². The zero-order valence-electron chi connectivity index (χ0n) is 15.4. The van der Waals surface area contributed by atoms with Crippen molar-refractivity contribution in [3.8, 4) is 16.9 Å². The fourth-order valence-corrected chi connectivity index (χ4v) is 4.25. The van der Waals surface area contributed by atoms with Gasteiger partial charge in [-0.05, 0) is 40.8 Å². The fraction of sp³-hybridized carbons (Fsp3) is 0.190. The lowest BCUT2D eigenvalue weighted by Crippen LogP contribution is -2.29. The number of fused-ring (bicyclic) bond motifs is 3. The van der Waals surface area contributed by atoms with Gasteiger partial charge in [-0.3, -0.25) is 4.79 Å². The molecule has 0 saturated heterocycles. The van der Waals surface area contributed by atoms with Gasteiger partial charge in [-0.15, -0.1) is 23.7 Å². The van der Waals surface area contributed by atoms with Gasteiger partial charge in [0.1, 0.15) is 16.3 Å². The van der Waals surface area contributed by atoms with Crippen LogP contribution in [-0.2, 0) is 5.41 Å². The Morgan fingerprint density at radius 3 is 2.64 bits per heavy atom. The highest BCUT2D eigenvalue weighted by molar-refractivity contribution is 7.17. The zero-order valence-corrected chi connectivity index (χ0v) is 17.0. The number of benzene rings is 2. The smallest absolute Gasteiger partial charge is 0.266 e. The summed E-state index contributed by atoms with van der Waals surface area (Å²) in [6, 6.07) is 9.95. The van der Waals surface area contributed by atoms with Crippen molar-refractivity contribution in [2.45, 2.75) is 19.3 Å².